The zero-order valence-electron chi connectivity index (χ0n) is 18.7. The number of benzene rings is 2. The van der Waals surface area contributed by atoms with Gasteiger partial charge in [0.2, 0.25) is 5.88 Å². The van der Waals surface area contributed by atoms with E-state index in [0.717, 1.165) is 33.5 Å². The zero-order chi connectivity index (χ0) is 24.3. The molecule has 1 amide bonds. The summed E-state index contributed by atoms with van der Waals surface area (Å²) in [6, 6.07) is 10.3. The maximum Gasteiger partial charge on any atom is 0.416 e. The number of nitrogens with one attached hydrogen (secondary N) is 1. The van der Waals surface area contributed by atoms with Crippen LogP contribution in [0, 0.1) is 13.8 Å². The third kappa shape index (κ3) is 5.60. The van der Waals surface area contributed by atoms with Gasteiger partial charge in [-0.1, -0.05) is 29.8 Å². The van der Waals surface area contributed by atoms with Crippen molar-refractivity contribution in [2.75, 3.05) is 6.54 Å². The Morgan fingerprint density at radius 2 is 1.85 bits per heavy atom. The number of amides is 1. The Balaban J connectivity index is 1.85. The molecule has 2 aromatic carbocycles. The van der Waals surface area contributed by atoms with Crippen molar-refractivity contribution in [3.8, 4) is 11.6 Å². The van der Waals surface area contributed by atoms with Gasteiger partial charge in [-0.15, -0.1) is 0 Å². The lowest BCUT2D eigenvalue weighted by Gasteiger charge is -2.12. The van der Waals surface area contributed by atoms with Crippen molar-refractivity contribution in [3.63, 3.8) is 0 Å². The predicted molar refractivity (Wildman–Crippen MR) is 117 cm³/mol. The SMILES string of the molecule is CC(=O)c1nn(C)c(Oc2cccc(C(F)(F)F)c2)c1C(=O)NCCc1ccc(C)cc1C. The predicted octanol–water partition coefficient (Wildman–Crippen LogP) is 5.02. The van der Waals surface area contributed by atoms with Crippen LogP contribution in [0.4, 0.5) is 13.2 Å². The molecule has 9 heteroatoms. The summed E-state index contributed by atoms with van der Waals surface area (Å²) in [5.74, 6) is -1.32. The molecule has 174 valence electrons. The van der Waals surface area contributed by atoms with Gasteiger partial charge >= 0.3 is 6.18 Å². The van der Waals surface area contributed by atoms with E-state index in [2.05, 4.69) is 10.4 Å². The summed E-state index contributed by atoms with van der Waals surface area (Å²) >= 11 is 0. The molecule has 0 bridgehead atoms. The van der Waals surface area contributed by atoms with Crippen molar-refractivity contribution >= 4 is 11.7 Å². The number of carbonyl (C=O) groups is 2. The third-order valence-electron chi connectivity index (χ3n) is 5.11. The first-order valence-electron chi connectivity index (χ1n) is 10.2. The Labute approximate surface area is 189 Å². The quantitative estimate of drug-likeness (QED) is 0.504. The molecule has 3 rings (SSSR count). The fourth-order valence-electron chi connectivity index (χ4n) is 3.45. The number of ketones is 1. The van der Waals surface area contributed by atoms with Gasteiger partial charge in [0.15, 0.2) is 5.78 Å². The maximum absolute atomic E-state index is 13.1. The first-order chi connectivity index (χ1) is 15.5. The minimum atomic E-state index is -4.55. The highest BCUT2D eigenvalue weighted by molar-refractivity contribution is 6.07. The molecule has 0 aliphatic carbocycles. The van der Waals surface area contributed by atoms with Crippen molar-refractivity contribution in [1.82, 2.24) is 15.1 Å². The van der Waals surface area contributed by atoms with Crippen molar-refractivity contribution in [2.45, 2.75) is 33.4 Å². The first kappa shape index (κ1) is 24.0. The van der Waals surface area contributed by atoms with E-state index >= 15 is 0 Å². The lowest BCUT2D eigenvalue weighted by molar-refractivity contribution is -0.137. The summed E-state index contributed by atoms with van der Waals surface area (Å²) in [4.78, 5) is 25.1. The van der Waals surface area contributed by atoms with Gasteiger partial charge in [0.1, 0.15) is 17.0 Å². The molecule has 0 atom stereocenters. The molecule has 1 N–H and O–H groups in total. The lowest BCUT2D eigenvalue weighted by Crippen LogP contribution is -2.27. The molecular weight excluding hydrogens is 435 g/mol. The standard InChI is InChI=1S/C24H24F3N3O3/c1-14-8-9-17(15(2)12-14)10-11-28-22(32)20-21(16(3)31)29-30(4)23(20)33-19-7-5-6-18(13-19)24(25,26)27/h5-9,12-13H,10-11H2,1-4H3,(H,28,32). The number of ether oxygens (including phenoxy) is 1. The van der Waals surface area contributed by atoms with Crippen molar-refractivity contribution in [2.24, 2.45) is 7.05 Å². The van der Waals surface area contributed by atoms with Gasteiger partial charge in [-0.25, -0.2) is 4.68 Å². The van der Waals surface area contributed by atoms with E-state index < -0.39 is 23.4 Å². The third-order valence-corrected chi connectivity index (χ3v) is 5.11. The van der Waals surface area contributed by atoms with Crippen LogP contribution in [0.1, 0.15) is 50.0 Å². The Hall–Kier alpha value is -3.62. The van der Waals surface area contributed by atoms with E-state index in [1.165, 1.54) is 26.1 Å². The monoisotopic (exact) mass is 459 g/mol. The fraction of sp³-hybridized carbons (Fsp3) is 0.292. The second kappa shape index (κ2) is 9.48. The largest absolute Gasteiger partial charge is 0.438 e. The first-order valence-corrected chi connectivity index (χ1v) is 10.2. The topological polar surface area (TPSA) is 73.2 Å². The van der Waals surface area contributed by atoms with Crippen LogP contribution in [0.15, 0.2) is 42.5 Å². The molecule has 3 aromatic rings. The Kier molecular flexibility index (Phi) is 6.90. The van der Waals surface area contributed by atoms with Crippen molar-refractivity contribution in [3.05, 3.63) is 76.0 Å². The molecular formula is C24H24F3N3O3. The number of Topliss-reactive ketones (excluding diaryl/α,β-unsaturated/α-hetero) is 1. The summed E-state index contributed by atoms with van der Waals surface area (Å²) in [6.45, 7) is 5.52. The van der Waals surface area contributed by atoms with Crippen molar-refractivity contribution in [1.29, 1.82) is 0 Å². The second-order valence-electron chi connectivity index (χ2n) is 7.77. The van der Waals surface area contributed by atoms with Gasteiger partial charge in [-0.05, 0) is 49.6 Å². The number of alkyl halides is 3. The molecule has 0 radical (unpaired) electrons. The van der Waals surface area contributed by atoms with Gasteiger partial charge in [-0.3, -0.25) is 9.59 Å². The number of halogens is 3. The Bertz CT molecular complexity index is 1200. The molecule has 33 heavy (non-hydrogen) atoms. The summed E-state index contributed by atoms with van der Waals surface area (Å²) in [7, 11) is 1.45. The van der Waals surface area contributed by atoms with E-state index in [1.54, 1.807) is 0 Å². The molecule has 0 aliphatic rings. The van der Waals surface area contributed by atoms with E-state index in [0.29, 0.717) is 6.42 Å². The molecule has 0 unspecified atom stereocenters. The molecule has 0 fully saturated rings. The van der Waals surface area contributed by atoms with Crippen LogP contribution in [0.3, 0.4) is 0 Å². The maximum atomic E-state index is 13.1. The van der Waals surface area contributed by atoms with Gasteiger partial charge < -0.3 is 10.1 Å². The van der Waals surface area contributed by atoms with E-state index in [-0.39, 0.29) is 29.4 Å². The van der Waals surface area contributed by atoms with Crippen LogP contribution in [-0.4, -0.2) is 28.0 Å². The normalized spacial score (nSPS) is 11.4. The highest BCUT2D eigenvalue weighted by atomic mass is 19.4. The number of hydrogen-bond acceptors (Lipinski definition) is 4. The van der Waals surface area contributed by atoms with E-state index in [9.17, 15) is 22.8 Å². The molecule has 6 nitrogen and oxygen atoms in total. The van der Waals surface area contributed by atoms with Crippen LogP contribution in [0.25, 0.3) is 0 Å². The minimum absolute atomic E-state index is 0.122. The number of rotatable bonds is 7. The van der Waals surface area contributed by atoms with Gasteiger partial charge in [0.25, 0.3) is 5.91 Å². The summed E-state index contributed by atoms with van der Waals surface area (Å²) in [6.07, 6.45) is -3.98. The second-order valence-corrected chi connectivity index (χ2v) is 7.77. The number of aromatic nitrogens is 2. The average molecular weight is 459 g/mol. The molecule has 1 heterocycles. The number of nitrogens with zero attached hydrogens (tertiary/aromatic N) is 2. The highest BCUT2D eigenvalue weighted by Gasteiger charge is 2.31. The highest BCUT2D eigenvalue weighted by Crippen LogP contribution is 2.34. The van der Waals surface area contributed by atoms with E-state index in [4.69, 9.17) is 4.74 Å². The minimum Gasteiger partial charge on any atom is -0.438 e. The van der Waals surface area contributed by atoms with Crippen LogP contribution in [0.5, 0.6) is 11.6 Å². The number of aryl methyl sites for hydroxylation is 3. The molecule has 0 saturated heterocycles. The van der Waals surface area contributed by atoms with Crippen LogP contribution >= 0.6 is 0 Å². The van der Waals surface area contributed by atoms with Crippen LogP contribution < -0.4 is 10.1 Å². The van der Waals surface area contributed by atoms with Gasteiger partial charge in [0, 0.05) is 20.5 Å². The Morgan fingerprint density at radius 3 is 2.48 bits per heavy atom. The van der Waals surface area contributed by atoms with Crippen LogP contribution in [0.2, 0.25) is 0 Å². The summed E-state index contributed by atoms with van der Waals surface area (Å²) < 4.78 is 45.9. The van der Waals surface area contributed by atoms with Crippen molar-refractivity contribution < 1.29 is 27.5 Å². The van der Waals surface area contributed by atoms with Gasteiger partial charge in [-0.2, -0.15) is 18.3 Å². The Morgan fingerprint density at radius 1 is 1.12 bits per heavy atom. The number of carbonyl (C=O) groups excluding carboxylic acids is 2. The van der Waals surface area contributed by atoms with Crippen LogP contribution in [-0.2, 0) is 19.6 Å². The lowest BCUT2D eigenvalue weighted by atomic mass is 10.0. The number of hydrogen-bond donors (Lipinski definition) is 1. The fourth-order valence-corrected chi connectivity index (χ4v) is 3.45. The van der Waals surface area contributed by atoms with Gasteiger partial charge in [0.05, 0.1) is 5.56 Å². The molecule has 0 spiro atoms. The summed E-state index contributed by atoms with van der Waals surface area (Å²) in [5.41, 5.74) is 2.17. The summed E-state index contributed by atoms with van der Waals surface area (Å²) in [5, 5.41) is 6.80. The zero-order valence-corrected chi connectivity index (χ0v) is 18.7. The molecule has 1 aromatic heterocycles. The molecule has 0 saturated carbocycles. The average Bonchev–Trinajstić information content (AvgIpc) is 3.05. The van der Waals surface area contributed by atoms with E-state index in [1.807, 2.05) is 32.0 Å². The molecule has 0 aliphatic heterocycles. The smallest absolute Gasteiger partial charge is 0.416 e.